The standard InChI is InChI=1S/C41H28ClNO/c42-30-19-17-26(18-20-30)25-44-40-24-29(37-21-27-9-1-3-11-31(27)33-13-5-7-15-35(33)37)23-39(41(40)43)38-22-28-10-2-4-12-32(28)34-14-6-8-16-36(34)38/h1-24H,25,43H2. The molecule has 3 heteroatoms. The summed E-state index contributed by atoms with van der Waals surface area (Å²) in [6.07, 6.45) is 0. The molecular formula is C41H28ClNO. The normalized spacial score (nSPS) is 11.5. The summed E-state index contributed by atoms with van der Waals surface area (Å²) in [4.78, 5) is 0. The third-order valence-corrected chi connectivity index (χ3v) is 8.84. The van der Waals surface area contributed by atoms with Gasteiger partial charge in [-0.25, -0.2) is 0 Å². The molecule has 0 aliphatic carbocycles. The monoisotopic (exact) mass is 585 g/mol. The number of nitrogen functional groups attached to an aromatic ring is 1. The van der Waals surface area contributed by atoms with E-state index in [-0.39, 0.29) is 0 Å². The van der Waals surface area contributed by atoms with Gasteiger partial charge in [-0.05, 0) is 102 Å². The van der Waals surface area contributed by atoms with Gasteiger partial charge >= 0.3 is 0 Å². The Morgan fingerprint density at radius 3 is 1.59 bits per heavy atom. The van der Waals surface area contributed by atoms with E-state index in [4.69, 9.17) is 22.1 Å². The molecule has 0 aliphatic heterocycles. The van der Waals surface area contributed by atoms with E-state index in [1.165, 1.54) is 37.7 Å². The van der Waals surface area contributed by atoms with Gasteiger partial charge in [0.15, 0.2) is 0 Å². The van der Waals surface area contributed by atoms with Crippen molar-refractivity contribution in [2.24, 2.45) is 0 Å². The predicted molar refractivity (Wildman–Crippen MR) is 188 cm³/mol. The maximum Gasteiger partial charge on any atom is 0.143 e. The van der Waals surface area contributed by atoms with E-state index in [9.17, 15) is 0 Å². The minimum absolute atomic E-state index is 0.376. The van der Waals surface area contributed by atoms with Gasteiger partial charge in [-0.3, -0.25) is 0 Å². The van der Waals surface area contributed by atoms with E-state index in [0.717, 1.165) is 33.2 Å². The van der Waals surface area contributed by atoms with Gasteiger partial charge in [-0.1, -0.05) is 121 Å². The first-order valence-corrected chi connectivity index (χ1v) is 15.1. The lowest BCUT2D eigenvalue weighted by molar-refractivity contribution is 0.308. The Hall–Kier alpha value is -5.31. The van der Waals surface area contributed by atoms with Gasteiger partial charge in [0.2, 0.25) is 0 Å². The summed E-state index contributed by atoms with van der Waals surface area (Å²) in [5, 5.41) is 10.3. The second-order valence-corrected chi connectivity index (χ2v) is 11.7. The van der Waals surface area contributed by atoms with Gasteiger partial charge in [-0.2, -0.15) is 0 Å². The van der Waals surface area contributed by atoms with Gasteiger partial charge in [0.25, 0.3) is 0 Å². The Morgan fingerprint density at radius 1 is 0.477 bits per heavy atom. The first-order valence-electron chi connectivity index (χ1n) is 14.8. The number of ether oxygens (including phenoxy) is 1. The zero-order valence-corrected chi connectivity index (χ0v) is 24.7. The highest BCUT2D eigenvalue weighted by Gasteiger charge is 2.18. The lowest BCUT2D eigenvalue weighted by atomic mass is 9.88. The van der Waals surface area contributed by atoms with Crippen molar-refractivity contribution < 1.29 is 4.74 Å². The van der Waals surface area contributed by atoms with Crippen LogP contribution in [-0.4, -0.2) is 0 Å². The molecule has 2 N–H and O–H groups in total. The van der Waals surface area contributed by atoms with Crippen molar-refractivity contribution in [1.82, 2.24) is 0 Å². The molecule has 0 amide bonds. The Labute approximate surface area is 260 Å². The van der Waals surface area contributed by atoms with E-state index in [1.807, 2.05) is 24.3 Å². The summed E-state index contributed by atoms with van der Waals surface area (Å²) in [5.74, 6) is 0.655. The summed E-state index contributed by atoms with van der Waals surface area (Å²) in [6.45, 7) is 0.376. The minimum atomic E-state index is 0.376. The Bertz CT molecular complexity index is 2360. The van der Waals surface area contributed by atoms with Crippen molar-refractivity contribution in [3.8, 4) is 28.0 Å². The lowest BCUT2D eigenvalue weighted by Crippen LogP contribution is -2.01. The number of benzene rings is 8. The quantitative estimate of drug-likeness (QED) is 0.161. The number of anilines is 1. The number of hydrogen-bond donors (Lipinski definition) is 1. The number of rotatable bonds is 5. The first-order chi connectivity index (χ1) is 21.6. The SMILES string of the molecule is Nc1c(OCc2ccc(Cl)cc2)cc(-c2cc3ccccc3c3ccccc23)cc1-c1cc2ccccc2c2ccccc12. The van der Waals surface area contributed by atoms with Crippen LogP contribution in [0.25, 0.3) is 65.3 Å². The zero-order valence-electron chi connectivity index (χ0n) is 23.9. The van der Waals surface area contributed by atoms with Crippen LogP contribution >= 0.6 is 11.6 Å². The third-order valence-electron chi connectivity index (χ3n) is 8.59. The maximum atomic E-state index is 7.04. The van der Waals surface area contributed by atoms with Gasteiger partial charge in [0.05, 0.1) is 5.69 Å². The summed E-state index contributed by atoms with van der Waals surface area (Å²) >= 11 is 6.15. The molecule has 0 aromatic heterocycles. The molecule has 2 nitrogen and oxygen atoms in total. The maximum absolute atomic E-state index is 7.04. The number of hydrogen-bond acceptors (Lipinski definition) is 2. The third kappa shape index (κ3) is 4.52. The van der Waals surface area contributed by atoms with Crippen molar-refractivity contribution in [3.05, 3.63) is 156 Å². The summed E-state index contributed by atoms with van der Waals surface area (Å²) in [5.41, 5.74) is 12.9. The minimum Gasteiger partial charge on any atom is -0.487 e. The Morgan fingerprint density at radius 2 is 0.977 bits per heavy atom. The molecule has 0 spiro atoms. The molecule has 0 heterocycles. The molecule has 0 radical (unpaired) electrons. The fraction of sp³-hybridized carbons (Fsp3) is 0.0244. The number of nitrogens with two attached hydrogens (primary N) is 1. The van der Waals surface area contributed by atoms with E-state index >= 15 is 0 Å². The van der Waals surface area contributed by atoms with Crippen LogP contribution in [0.2, 0.25) is 5.02 Å². The smallest absolute Gasteiger partial charge is 0.143 e. The second-order valence-electron chi connectivity index (χ2n) is 11.2. The van der Waals surface area contributed by atoms with E-state index in [0.29, 0.717) is 23.1 Å². The van der Waals surface area contributed by atoms with Crippen LogP contribution in [0, 0.1) is 0 Å². The van der Waals surface area contributed by atoms with Crippen LogP contribution in [0.3, 0.4) is 0 Å². The number of fused-ring (bicyclic) bond motifs is 6. The number of halogens is 1. The fourth-order valence-corrected chi connectivity index (χ4v) is 6.56. The molecule has 8 aromatic rings. The van der Waals surface area contributed by atoms with Crippen LogP contribution in [0.4, 0.5) is 5.69 Å². The molecule has 0 aliphatic rings. The molecule has 0 bridgehead atoms. The molecule has 8 rings (SSSR count). The average Bonchev–Trinajstić information content (AvgIpc) is 3.08. The molecule has 0 saturated heterocycles. The van der Waals surface area contributed by atoms with Crippen molar-refractivity contribution in [2.45, 2.75) is 6.61 Å². The second kappa shape index (κ2) is 10.8. The molecule has 44 heavy (non-hydrogen) atoms. The molecule has 0 fully saturated rings. The van der Waals surface area contributed by atoms with Crippen molar-refractivity contribution in [3.63, 3.8) is 0 Å². The van der Waals surface area contributed by atoms with Gasteiger partial charge in [0, 0.05) is 10.6 Å². The van der Waals surface area contributed by atoms with Crippen LogP contribution < -0.4 is 10.5 Å². The Kier molecular flexibility index (Phi) is 6.43. The fourth-order valence-electron chi connectivity index (χ4n) is 6.44. The molecular weight excluding hydrogens is 558 g/mol. The van der Waals surface area contributed by atoms with E-state index in [2.05, 4.69) is 121 Å². The van der Waals surface area contributed by atoms with Crippen molar-refractivity contribution >= 4 is 60.4 Å². The van der Waals surface area contributed by atoms with Crippen molar-refractivity contribution in [1.29, 1.82) is 0 Å². The molecule has 210 valence electrons. The summed E-state index contributed by atoms with van der Waals surface area (Å²) in [7, 11) is 0. The molecule has 0 atom stereocenters. The zero-order chi connectivity index (χ0) is 29.6. The largest absolute Gasteiger partial charge is 0.487 e. The summed E-state index contributed by atoms with van der Waals surface area (Å²) in [6, 6.07) is 50.9. The van der Waals surface area contributed by atoms with Crippen LogP contribution in [0.1, 0.15) is 5.56 Å². The predicted octanol–water partition coefficient (Wildman–Crippen LogP) is 11.4. The summed E-state index contributed by atoms with van der Waals surface area (Å²) < 4.78 is 6.52. The van der Waals surface area contributed by atoms with Gasteiger partial charge < -0.3 is 10.5 Å². The highest BCUT2D eigenvalue weighted by atomic mass is 35.5. The molecule has 0 saturated carbocycles. The molecule has 8 aromatic carbocycles. The molecule has 0 unspecified atom stereocenters. The first kappa shape index (κ1) is 26.3. The van der Waals surface area contributed by atoms with Crippen LogP contribution in [0.15, 0.2) is 146 Å². The van der Waals surface area contributed by atoms with Gasteiger partial charge in [-0.15, -0.1) is 0 Å². The van der Waals surface area contributed by atoms with Crippen LogP contribution in [-0.2, 0) is 6.61 Å². The topological polar surface area (TPSA) is 35.2 Å². The average molecular weight is 586 g/mol. The van der Waals surface area contributed by atoms with E-state index < -0.39 is 0 Å². The van der Waals surface area contributed by atoms with Gasteiger partial charge in [0.1, 0.15) is 12.4 Å². The highest BCUT2D eigenvalue weighted by Crippen LogP contribution is 2.45. The van der Waals surface area contributed by atoms with E-state index in [1.54, 1.807) is 0 Å². The Balaban J connectivity index is 1.40. The highest BCUT2D eigenvalue weighted by molar-refractivity contribution is 6.30. The lowest BCUT2D eigenvalue weighted by Gasteiger charge is -2.19. The van der Waals surface area contributed by atoms with Crippen LogP contribution in [0.5, 0.6) is 5.75 Å². The van der Waals surface area contributed by atoms with Crippen molar-refractivity contribution in [2.75, 3.05) is 5.73 Å².